The van der Waals surface area contributed by atoms with Crippen molar-refractivity contribution in [2.24, 2.45) is 23.2 Å². The molecule has 4 aliphatic carbocycles. The number of amides is 2. The van der Waals surface area contributed by atoms with Crippen molar-refractivity contribution < 1.29 is 9.59 Å². The SMILES string of the molecule is CC(NC(=O)CNC(=O)CC12CC3CC(CC(C3)C1)C2)c1ccccc1Cl. The number of benzene rings is 1. The summed E-state index contributed by atoms with van der Waals surface area (Å²) in [7, 11) is 0. The molecule has 0 aliphatic heterocycles. The molecule has 1 aromatic carbocycles. The van der Waals surface area contributed by atoms with Crippen LogP contribution in [0, 0.1) is 23.2 Å². The van der Waals surface area contributed by atoms with E-state index >= 15 is 0 Å². The molecular weight excluding hydrogens is 360 g/mol. The van der Waals surface area contributed by atoms with E-state index in [-0.39, 0.29) is 29.8 Å². The first-order valence-electron chi connectivity index (χ1n) is 10.2. The van der Waals surface area contributed by atoms with Crippen LogP contribution in [0.2, 0.25) is 5.02 Å². The molecule has 0 spiro atoms. The molecule has 5 heteroatoms. The predicted molar refractivity (Wildman–Crippen MR) is 106 cm³/mol. The van der Waals surface area contributed by atoms with Crippen LogP contribution in [0.3, 0.4) is 0 Å². The molecule has 4 bridgehead atoms. The van der Waals surface area contributed by atoms with Crippen LogP contribution >= 0.6 is 11.6 Å². The molecule has 1 unspecified atom stereocenters. The fourth-order valence-corrected chi connectivity index (χ4v) is 6.58. The van der Waals surface area contributed by atoms with E-state index in [2.05, 4.69) is 10.6 Å². The van der Waals surface area contributed by atoms with Crippen LogP contribution in [0.5, 0.6) is 0 Å². The fraction of sp³-hybridized carbons (Fsp3) is 0.636. The average Bonchev–Trinajstić information content (AvgIpc) is 2.58. The average molecular weight is 389 g/mol. The molecule has 1 aromatic rings. The molecule has 4 nitrogen and oxygen atoms in total. The minimum Gasteiger partial charge on any atom is -0.348 e. The number of halogens is 1. The minimum atomic E-state index is -0.189. The van der Waals surface area contributed by atoms with E-state index in [0.717, 1.165) is 23.3 Å². The van der Waals surface area contributed by atoms with Gasteiger partial charge in [-0.15, -0.1) is 0 Å². The number of nitrogens with one attached hydrogen (secondary N) is 2. The third-order valence-corrected chi connectivity index (χ3v) is 7.24. The van der Waals surface area contributed by atoms with E-state index in [1.807, 2.05) is 31.2 Å². The summed E-state index contributed by atoms with van der Waals surface area (Å²) in [6.07, 6.45) is 8.35. The van der Waals surface area contributed by atoms with E-state index in [9.17, 15) is 9.59 Å². The van der Waals surface area contributed by atoms with Crippen molar-refractivity contribution in [3.05, 3.63) is 34.9 Å². The monoisotopic (exact) mass is 388 g/mol. The highest BCUT2D eigenvalue weighted by Gasteiger charge is 2.51. The van der Waals surface area contributed by atoms with Gasteiger partial charge in [0.15, 0.2) is 0 Å². The normalized spacial score (nSPS) is 32.1. The first-order chi connectivity index (χ1) is 12.9. The van der Waals surface area contributed by atoms with Crippen molar-refractivity contribution in [2.75, 3.05) is 6.54 Å². The van der Waals surface area contributed by atoms with Gasteiger partial charge < -0.3 is 10.6 Å². The van der Waals surface area contributed by atoms with E-state index in [1.54, 1.807) is 0 Å². The second-order valence-corrected chi connectivity index (χ2v) is 9.59. The Hall–Kier alpha value is -1.55. The van der Waals surface area contributed by atoms with E-state index in [0.29, 0.717) is 11.4 Å². The maximum Gasteiger partial charge on any atom is 0.239 e. The van der Waals surface area contributed by atoms with Gasteiger partial charge in [-0.1, -0.05) is 29.8 Å². The lowest BCUT2D eigenvalue weighted by Gasteiger charge is -2.56. The van der Waals surface area contributed by atoms with Crippen molar-refractivity contribution in [3.63, 3.8) is 0 Å². The third-order valence-electron chi connectivity index (χ3n) is 6.90. The Morgan fingerprint density at radius 3 is 2.26 bits per heavy atom. The largest absolute Gasteiger partial charge is 0.348 e. The van der Waals surface area contributed by atoms with Gasteiger partial charge in [-0.2, -0.15) is 0 Å². The Balaban J connectivity index is 1.26. The Labute approximate surface area is 166 Å². The number of carbonyl (C=O) groups excluding carboxylic acids is 2. The lowest BCUT2D eigenvalue weighted by Crippen LogP contribution is -2.48. The molecule has 2 N–H and O–H groups in total. The molecule has 4 fully saturated rings. The van der Waals surface area contributed by atoms with Crippen molar-refractivity contribution in [1.82, 2.24) is 10.6 Å². The zero-order valence-corrected chi connectivity index (χ0v) is 16.7. The highest BCUT2D eigenvalue weighted by atomic mass is 35.5. The summed E-state index contributed by atoms with van der Waals surface area (Å²) in [6, 6.07) is 7.29. The van der Waals surface area contributed by atoms with Gasteiger partial charge in [0.2, 0.25) is 11.8 Å². The van der Waals surface area contributed by atoms with Gasteiger partial charge in [0.25, 0.3) is 0 Å². The summed E-state index contributed by atoms with van der Waals surface area (Å²) in [4.78, 5) is 24.8. The van der Waals surface area contributed by atoms with Gasteiger partial charge in [0.1, 0.15) is 0 Å². The summed E-state index contributed by atoms with van der Waals surface area (Å²) in [5.74, 6) is 2.36. The molecule has 5 rings (SSSR count). The van der Waals surface area contributed by atoms with Gasteiger partial charge in [0, 0.05) is 11.4 Å². The smallest absolute Gasteiger partial charge is 0.239 e. The Morgan fingerprint density at radius 1 is 1.07 bits per heavy atom. The molecule has 146 valence electrons. The second kappa shape index (κ2) is 7.46. The van der Waals surface area contributed by atoms with Crippen LogP contribution in [0.1, 0.15) is 63.5 Å². The van der Waals surface area contributed by atoms with Crippen molar-refractivity contribution >= 4 is 23.4 Å². The number of hydrogen-bond donors (Lipinski definition) is 2. The molecule has 2 amide bonds. The lowest BCUT2D eigenvalue weighted by atomic mass is 9.49. The van der Waals surface area contributed by atoms with Gasteiger partial charge in [-0.25, -0.2) is 0 Å². The van der Waals surface area contributed by atoms with E-state index in [4.69, 9.17) is 11.6 Å². The highest BCUT2D eigenvalue weighted by molar-refractivity contribution is 6.31. The fourth-order valence-electron chi connectivity index (χ4n) is 6.28. The molecule has 0 radical (unpaired) electrons. The Bertz CT molecular complexity index is 697. The predicted octanol–water partition coefficient (Wildman–Crippen LogP) is 4.24. The van der Waals surface area contributed by atoms with Crippen LogP contribution < -0.4 is 10.6 Å². The Morgan fingerprint density at radius 2 is 1.67 bits per heavy atom. The molecule has 4 aliphatic rings. The zero-order valence-electron chi connectivity index (χ0n) is 16.0. The summed E-state index contributed by atoms with van der Waals surface area (Å²) in [5, 5.41) is 6.39. The zero-order chi connectivity index (χ0) is 19.0. The third kappa shape index (κ3) is 4.16. The van der Waals surface area contributed by atoms with Crippen LogP contribution in [-0.4, -0.2) is 18.4 Å². The van der Waals surface area contributed by atoms with Crippen LogP contribution in [0.25, 0.3) is 0 Å². The quantitative estimate of drug-likeness (QED) is 0.765. The van der Waals surface area contributed by atoms with Gasteiger partial charge in [-0.3, -0.25) is 9.59 Å². The van der Waals surface area contributed by atoms with Crippen molar-refractivity contribution in [2.45, 2.75) is 57.9 Å². The van der Waals surface area contributed by atoms with Gasteiger partial charge in [0.05, 0.1) is 12.6 Å². The minimum absolute atomic E-state index is 0.0255. The van der Waals surface area contributed by atoms with Crippen LogP contribution in [-0.2, 0) is 9.59 Å². The van der Waals surface area contributed by atoms with Crippen molar-refractivity contribution in [1.29, 1.82) is 0 Å². The maximum atomic E-state index is 12.5. The topological polar surface area (TPSA) is 58.2 Å². The lowest BCUT2D eigenvalue weighted by molar-refractivity contribution is -0.132. The molecule has 1 atom stereocenters. The molecule has 0 heterocycles. The first-order valence-corrected chi connectivity index (χ1v) is 10.6. The maximum absolute atomic E-state index is 12.5. The van der Waals surface area contributed by atoms with Gasteiger partial charge >= 0.3 is 0 Å². The van der Waals surface area contributed by atoms with E-state index in [1.165, 1.54) is 38.5 Å². The molecule has 4 saturated carbocycles. The summed E-state index contributed by atoms with van der Waals surface area (Å²) < 4.78 is 0. The molecule has 0 aromatic heterocycles. The Kier molecular flexibility index (Phi) is 5.19. The van der Waals surface area contributed by atoms with Gasteiger partial charge in [-0.05, 0) is 80.2 Å². The molecule has 27 heavy (non-hydrogen) atoms. The second-order valence-electron chi connectivity index (χ2n) is 9.18. The van der Waals surface area contributed by atoms with E-state index < -0.39 is 0 Å². The first kappa shape index (κ1) is 18.8. The van der Waals surface area contributed by atoms with Crippen molar-refractivity contribution in [3.8, 4) is 0 Å². The highest BCUT2D eigenvalue weighted by Crippen LogP contribution is 2.61. The van der Waals surface area contributed by atoms with Crippen LogP contribution in [0.4, 0.5) is 0 Å². The number of rotatable bonds is 6. The number of hydrogen-bond acceptors (Lipinski definition) is 2. The van der Waals surface area contributed by atoms with Crippen LogP contribution in [0.15, 0.2) is 24.3 Å². The molecular formula is C22H29ClN2O2. The number of carbonyl (C=O) groups is 2. The summed E-state index contributed by atoms with van der Waals surface area (Å²) >= 11 is 6.18. The summed E-state index contributed by atoms with van der Waals surface area (Å²) in [5.41, 5.74) is 1.09. The summed E-state index contributed by atoms with van der Waals surface area (Å²) in [6.45, 7) is 1.93. The molecule has 0 saturated heterocycles. The standard InChI is InChI=1S/C22H29ClN2O2/c1-14(18-4-2-3-5-19(18)23)25-21(27)13-24-20(26)12-22-9-15-6-16(10-22)8-17(7-15)11-22/h2-5,14-17H,6-13H2,1H3,(H,24,26)(H,25,27).